The molecule has 1 atom stereocenters. The summed E-state index contributed by atoms with van der Waals surface area (Å²) in [6.45, 7) is 3.51. The van der Waals surface area contributed by atoms with E-state index in [0.29, 0.717) is 47.1 Å². The Morgan fingerprint density at radius 3 is 2.30 bits per heavy atom. The Bertz CT molecular complexity index is 1410. The summed E-state index contributed by atoms with van der Waals surface area (Å²) in [5.74, 6) is -0.546. The number of carbonyl (C=O) groups excluding carboxylic acids is 2. The molecular weight excluding hydrogens is 524 g/mol. The van der Waals surface area contributed by atoms with Gasteiger partial charge in [-0.3, -0.25) is 9.59 Å². The summed E-state index contributed by atoms with van der Waals surface area (Å²) in [5.41, 5.74) is 2.23. The molecular formula is C32H32N2O5S. The lowest BCUT2D eigenvalue weighted by atomic mass is 10.00. The van der Waals surface area contributed by atoms with Crippen molar-refractivity contribution in [3.63, 3.8) is 0 Å². The molecule has 4 aromatic rings. The summed E-state index contributed by atoms with van der Waals surface area (Å²) in [6, 6.07) is 25.8. The lowest BCUT2D eigenvalue weighted by molar-refractivity contribution is -0.137. The Morgan fingerprint density at radius 2 is 1.62 bits per heavy atom. The van der Waals surface area contributed by atoms with Gasteiger partial charge in [-0.1, -0.05) is 67.6 Å². The molecule has 0 aliphatic carbocycles. The summed E-state index contributed by atoms with van der Waals surface area (Å²) in [6.07, 6.45) is 1.07. The molecule has 7 nitrogen and oxygen atoms in total. The molecule has 0 fully saturated rings. The van der Waals surface area contributed by atoms with E-state index in [9.17, 15) is 19.5 Å². The van der Waals surface area contributed by atoms with Crippen LogP contribution in [0, 0.1) is 0 Å². The molecule has 4 rings (SSSR count). The van der Waals surface area contributed by atoms with Gasteiger partial charge in [-0.25, -0.2) is 4.79 Å². The molecule has 1 amide bonds. The molecule has 1 aromatic heterocycles. The van der Waals surface area contributed by atoms with Crippen molar-refractivity contribution in [3.05, 3.63) is 118 Å². The lowest BCUT2D eigenvalue weighted by Crippen LogP contribution is -2.34. The number of amides is 1. The maximum atomic E-state index is 13.1. The predicted molar refractivity (Wildman–Crippen MR) is 158 cm³/mol. The van der Waals surface area contributed by atoms with Crippen molar-refractivity contribution in [2.45, 2.75) is 25.8 Å². The monoisotopic (exact) mass is 556 g/mol. The van der Waals surface area contributed by atoms with E-state index in [-0.39, 0.29) is 18.1 Å². The number of nitrogens with one attached hydrogen (secondary N) is 1. The molecule has 0 saturated heterocycles. The molecule has 0 spiro atoms. The third-order valence-electron chi connectivity index (χ3n) is 6.34. The van der Waals surface area contributed by atoms with Crippen LogP contribution >= 0.6 is 11.3 Å². The van der Waals surface area contributed by atoms with Crippen molar-refractivity contribution < 1.29 is 24.2 Å². The predicted octanol–water partition coefficient (Wildman–Crippen LogP) is 6.02. The number of carbonyl (C=O) groups is 3. The van der Waals surface area contributed by atoms with E-state index >= 15 is 0 Å². The lowest BCUT2D eigenvalue weighted by Gasteiger charge is -2.21. The van der Waals surface area contributed by atoms with E-state index in [2.05, 4.69) is 5.32 Å². The maximum Gasteiger partial charge on any atom is 0.326 e. The average Bonchev–Trinajstić information content (AvgIpc) is 3.52. The molecule has 0 unspecified atom stereocenters. The number of hydrogen-bond donors (Lipinski definition) is 2. The summed E-state index contributed by atoms with van der Waals surface area (Å²) in [5, 5.41) is 14.9. The van der Waals surface area contributed by atoms with E-state index in [4.69, 9.17) is 4.74 Å². The van der Waals surface area contributed by atoms with Crippen LogP contribution in [0.25, 0.3) is 0 Å². The molecule has 0 saturated carbocycles. The number of ketones is 1. The highest BCUT2D eigenvalue weighted by Gasteiger charge is 2.21. The molecule has 0 radical (unpaired) electrons. The standard InChI is InChI=1S/C32H32N2O5S/c1-2-18-34(31(36)29-13-8-21-40-29)19-20-39-25-16-14-23(15-17-25)22-28(32(37)38)33-27-12-7-6-11-26(27)30(35)24-9-4-3-5-10-24/h3-17,21,28,33H,2,18-20,22H2,1H3,(H,37,38)/t28-/m0/s1. The zero-order chi connectivity index (χ0) is 28.3. The second kappa shape index (κ2) is 14.1. The minimum atomic E-state index is -1.02. The smallest absolute Gasteiger partial charge is 0.326 e. The van der Waals surface area contributed by atoms with Gasteiger partial charge in [0.2, 0.25) is 0 Å². The summed E-state index contributed by atoms with van der Waals surface area (Å²) in [4.78, 5) is 40.4. The largest absolute Gasteiger partial charge is 0.492 e. The zero-order valence-corrected chi connectivity index (χ0v) is 23.1. The second-order valence-corrected chi connectivity index (χ2v) is 10.2. The molecule has 40 heavy (non-hydrogen) atoms. The van der Waals surface area contributed by atoms with E-state index in [1.54, 1.807) is 65.6 Å². The number of carboxylic acid groups (broad SMARTS) is 1. The highest BCUT2D eigenvalue weighted by Crippen LogP contribution is 2.22. The molecule has 0 bridgehead atoms. The molecule has 2 N–H and O–H groups in total. The molecule has 3 aromatic carbocycles. The number of aliphatic carboxylic acids is 1. The Hall–Kier alpha value is -4.43. The highest BCUT2D eigenvalue weighted by molar-refractivity contribution is 7.12. The third-order valence-corrected chi connectivity index (χ3v) is 7.20. The van der Waals surface area contributed by atoms with Crippen LogP contribution in [0.1, 0.15) is 44.5 Å². The van der Waals surface area contributed by atoms with E-state index in [1.165, 1.54) is 11.3 Å². The second-order valence-electron chi connectivity index (χ2n) is 9.24. The number of nitrogens with zero attached hydrogens (tertiary/aromatic N) is 1. The first-order valence-corrected chi connectivity index (χ1v) is 14.1. The normalized spacial score (nSPS) is 11.4. The number of rotatable bonds is 14. The van der Waals surface area contributed by atoms with Gasteiger partial charge in [0.05, 0.1) is 11.4 Å². The fourth-order valence-electron chi connectivity index (χ4n) is 4.31. The van der Waals surface area contributed by atoms with Gasteiger partial charge in [0.1, 0.15) is 18.4 Å². The maximum absolute atomic E-state index is 13.1. The van der Waals surface area contributed by atoms with Gasteiger partial charge in [0.15, 0.2) is 5.78 Å². The topological polar surface area (TPSA) is 95.9 Å². The fourth-order valence-corrected chi connectivity index (χ4v) is 5.00. The van der Waals surface area contributed by atoms with Gasteiger partial charge in [0.25, 0.3) is 5.91 Å². The van der Waals surface area contributed by atoms with Crippen LogP contribution in [0.15, 0.2) is 96.4 Å². The van der Waals surface area contributed by atoms with Crippen LogP contribution in [0.5, 0.6) is 5.75 Å². The molecule has 206 valence electrons. The van der Waals surface area contributed by atoms with Gasteiger partial charge in [0, 0.05) is 29.8 Å². The molecule has 0 aliphatic rings. The minimum Gasteiger partial charge on any atom is -0.492 e. The van der Waals surface area contributed by atoms with Crippen molar-refractivity contribution in [2.24, 2.45) is 0 Å². The van der Waals surface area contributed by atoms with E-state index < -0.39 is 12.0 Å². The molecule has 0 aliphatic heterocycles. The summed E-state index contributed by atoms with van der Waals surface area (Å²) < 4.78 is 5.88. The first-order chi connectivity index (χ1) is 19.5. The van der Waals surface area contributed by atoms with Crippen LogP contribution in [0.3, 0.4) is 0 Å². The average molecular weight is 557 g/mol. The third kappa shape index (κ3) is 7.57. The summed E-state index contributed by atoms with van der Waals surface area (Å²) >= 11 is 1.43. The van der Waals surface area contributed by atoms with Crippen molar-refractivity contribution in [2.75, 3.05) is 25.0 Å². The van der Waals surface area contributed by atoms with Gasteiger partial charge >= 0.3 is 5.97 Å². The first kappa shape index (κ1) is 28.6. The summed E-state index contributed by atoms with van der Waals surface area (Å²) in [7, 11) is 0. The zero-order valence-electron chi connectivity index (χ0n) is 22.3. The number of para-hydroxylation sites is 1. The number of ether oxygens (including phenoxy) is 1. The molecule has 1 heterocycles. The Kier molecular flexibility index (Phi) is 10.1. The van der Waals surface area contributed by atoms with Crippen molar-refractivity contribution in [1.29, 1.82) is 0 Å². The van der Waals surface area contributed by atoms with Crippen LogP contribution in [-0.4, -0.2) is 53.4 Å². The Morgan fingerprint density at radius 1 is 0.900 bits per heavy atom. The van der Waals surface area contributed by atoms with Gasteiger partial charge < -0.3 is 20.1 Å². The Labute approximate surface area is 238 Å². The quantitative estimate of drug-likeness (QED) is 0.185. The fraction of sp³-hybridized carbons (Fsp3) is 0.219. The van der Waals surface area contributed by atoms with E-state index in [1.807, 2.05) is 42.6 Å². The number of carboxylic acids is 1. The van der Waals surface area contributed by atoms with Crippen molar-refractivity contribution >= 4 is 34.7 Å². The van der Waals surface area contributed by atoms with Gasteiger partial charge in [-0.05, 0) is 47.7 Å². The van der Waals surface area contributed by atoms with Crippen LogP contribution in [0.4, 0.5) is 5.69 Å². The number of benzene rings is 3. The van der Waals surface area contributed by atoms with Gasteiger partial charge in [-0.15, -0.1) is 11.3 Å². The van der Waals surface area contributed by atoms with Crippen molar-refractivity contribution in [1.82, 2.24) is 4.90 Å². The Balaban J connectivity index is 1.36. The number of anilines is 1. The first-order valence-electron chi connectivity index (χ1n) is 13.2. The van der Waals surface area contributed by atoms with Crippen LogP contribution < -0.4 is 10.1 Å². The number of hydrogen-bond acceptors (Lipinski definition) is 6. The van der Waals surface area contributed by atoms with E-state index in [0.717, 1.165) is 12.0 Å². The minimum absolute atomic E-state index is 0.00931. The molecule has 8 heteroatoms. The van der Waals surface area contributed by atoms with Crippen molar-refractivity contribution in [3.8, 4) is 5.75 Å². The highest BCUT2D eigenvalue weighted by atomic mass is 32.1. The SMILES string of the molecule is CCCN(CCOc1ccc(C[C@H](Nc2ccccc2C(=O)c2ccccc2)C(=O)O)cc1)C(=O)c1cccs1. The van der Waals surface area contributed by atoms with Crippen LogP contribution in [0.2, 0.25) is 0 Å². The van der Waals surface area contributed by atoms with Crippen LogP contribution in [-0.2, 0) is 11.2 Å². The van der Waals surface area contributed by atoms with Gasteiger partial charge in [-0.2, -0.15) is 0 Å². The number of thiophene rings is 1.